The third-order valence-corrected chi connectivity index (χ3v) is 2.88. The molecular weight excluding hydrogens is 244 g/mol. The van der Waals surface area contributed by atoms with Crippen molar-refractivity contribution >= 4 is 11.7 Å². The summed E-state index contributed by atoms with van der Waals surface area (Å²) < 4.78 is 5.13. The van der Waals surface area contributed by atoms with E-state index in [-0.39, 0.29) is 12.6 Å². The maximum Gasteiger partial charge on any atom is 0.319 e. The van der Waals surface area contributed by atoms with Crippen LogP contribution >= 0.6 is 0 Å². The molecule has 0 fully saturated rings. The number of nitrogens with one attached hydrogen (secondary N) is 2. The third kappa shape index (κ3) is 4.79. The summed E-state index contributed by atoms with van der Waals surface area (Å²) in [6, 6.07) is 5.20. The summed E-state index contributed by atoms with van der Waals surface area (Å²) in [6.07, 6.45) is 0.498. The molecule has 5 heteroatoms. The number of carbonyl (C=O) groups is 1. The van der Waals surface area contributed by atoms with Crippen molar-refractivity contribution in [2.45, 2.75) is 32.7 Å². The first-order valence-electron chi connectivity index (χ1n) is 6.22. The molecule has 1 rings (SSSR count). The Bertz CT molecular complexity index is 444. The van der Waals surface area contributed by atoms with Gasteiger partial charge in [0.1, 0.15) is 5.75 Å². The topological polar surface area (TPSA) is 70.6 Å². The maximum absolute atomic E-state index is 11.9. The summed E-state index contributed by atoms with van der Waals surface area (Å²) in [5.74, 6) is 0.690. The largest absolute Gasteiger partial charge is 0.497 e. The van der Waals surface area contributed by atoms with Crippen LogP contribution in [0.3, 0.4) is 0 Å². The molecule has 0 unspecified atom stereocenters. The number of rotatable bonds is 5. The SMILES string of the molecule is COc1ccc(C)c(NC(=O)NC(C)(C)CCO)c1. The van der Waals surface area contributed by atoms with Gasteiger partial charge in [-0.05, 0) is 38.8 Å². The number of urea groups is 1. The number of anilines is 1. The number of amides is 2. The predicted molar refractivity (Wildman–Crippen MR) is 75.7 cm³/mol. The number of aliphatic hydroxyl groups excluding tert-OH is 1. The molecule has 0 aliphatic rings. The zero-order chi connectivity index (χ0) is 14.5. The van der Waals surface area contributed by atoms with Crippen LogP contribution in [0.2, 0.25) is 0 Å². The van der Waals surface area contributed by atoms with Gasteiger partial charge in [0.15, 0.2) is 0 Å². The fourth-order valence-electron chi connectivity index (χ4n) is 1.67. The van der Waals surface area contributed by atoms with Gasteiger partial charge in [0.2, 0.25) is 0 Å². The van der Waals surface area contributed by atoms with Crippen LogP contribution in [0.25, 0.3) is 0 Å². The Balaban J connectivity index is 2.71. The maximum atomic E-state index is 11.9. The number of aryl methyl sites for hydroxylation is 1. The Hall–Kier alpha value is -1.75. The van der Waals surface area contributed by atoms with Crippen molar-refractivity contribution in [1.82, 2.24) is 5.32 Å². The molecule has 0 heterocycles. The molecule has 2 amide bonds. The normalized spacial score (nSPS) is 11.0. The van der Waals surface area contributed by atoms with Gasteiger partial charge in [0.25, 0.3) is 0 Å². The van der Waals surface area contributed by atoms with Crippen molar-refractivity contribution < 1.29 is 14.6 Å². The number of carbonyl (C=O) groups excluding carboxylic acids is 1. The summed E-state index contributed by atoms with van der Waals surface area (Å²) in [5, 5.41) is 14.5. The van der Waals surface area contributed by atoms with Crippen molar-refractivity contribution in [3.05, 3.63) is 23.8 Å². The lowest BCUT2D eigenvalue weighted by Crippen LogP contribution is -2.46. The molecule has 0 aromatic heterocycles. The molecule has 0 spiro atoms. The molecule has 0 saturated carbocycles. The van der Waals surface area contributed by atoms with E-state index in [1.807, 2.05) is 32.9 Å². The standard InChI is InChI=1S/C14H22N2O3/c1-10-5-6-11(19-4)9-12(10)15-13(18)16-14(2,3)7-8-17/h5-6,9,17H,7-8H2,1-4H3,(H2,15,16,18). The Labute approximate surface area is 114 Å². The first-order valence-corrected chi connectivity index (χ1v) is 6.22. The van der Waals surface area contributed by atoms with E-state index in [9.17, 15) is 4.79 Å². The van der Waals surface area contributed by atoms with Gasteiger partial charge in [0, 0.05) is 23.9 Å². The highest BCUT2D eigenvalue weighted by Crippen LogP contribution is 2.21. The molecule has 0 atom stereocenters. The van der Waals surface area contributed by atoms with Gasteiger partial charge in [0.05, 0.1) is 7.11 Å². The van der Waals surface area contributed by atoms with E-state index in [1.54, 1.807) is 13.2 Å². The Morgan fingerprint density at radius 2 is 2.11 bits per heavy atom. The van der Waals surface area contributed by atoms with E-state index >= 15 is 0 Å². The monoisotopic (exact) mass is 266 g/mol. The molecular formula is C14H22N2O3. The lowest BCUT2D eigenvalue weighted by Gasteiger charge is -2.25. The van der Waals surface area contributed by atoms with Crippen LogP contribution in [0.1, 0.15) is 25.8 Å². The second kappa shape index (κ2) is 6.43. The molecule has 106 valence electrons. The van der Waals surface area contributed by atoms with Crippen LogP contribution < -0.4 is 15.4 Å². The number of hydrogen-bond acceptors (Lipinski definition) is 3. The highest BCUT2D eigenvalue weighted by molar-refractivity contribution is 5.90. The number of methoxy groups -OCH3 is 1. The zero-order valence-electron chi connectivity index (χ0n) is 11.9. The van der Waals surface area contributed by atoms with Crippen molar-refractivity contribution in [2.75, 3.05) is 19.0 Å². The van der Waals surface area contributed by atoms with Crippen LogP contribution in [0.4, 0.5) is 10.5 Å². The third-order valence-electron chi connectivity index (χ3n) is 2.88. The lowest BCUT2D eigenvalue weighted by atomic mass is 10.0. The molecule has 0 saturated heterocycles. The lowest BCUT2D eigenvalue weighted by molar-refractivity contribution is 0.218. The molecule has 0 aliphatic carbocycles. The number of ether oxygens (including phenoxy) is 1. The minimum Gasteiger partial charge on any atom is -0.497 e. The van der Waals surface area contributed by atoms with Crippen molar-refractivity contribution in [2.24, 2.45) is 0 Å². The average Bonchev–Trinajstić information content (AvgIpc) is 2.31. The Kier molecular flexibility index (Phi) is 5.18. The molecule has 5 nitrogen and oxygen atoms in total. The molecule has 0 bridgehead atoms. The van der Waals surface area contributed by atoms with Crippen LogP contribution in [0, 0.1) is 6.92 Å². The summed E-state index contributed by atoms with van der Waals surface area (Å²) >= 11 is 0. The zero-order valence-corrected chi connectivity index (χ0v) is 11.9. The minimum atomic E-state index is -0.453. The highest BCUT2D eigenvalue weighted by atomic mass is 16.5. The van der Waals surface area contributed by atoms with Crippen LogP contribution in [0.15, 0.2) is 18.2 Å². The summed E-state index contributed by atoms with van der Waals surface area (Å²) in [7, 11) is 1.58. The molecule has 1 aromatic rings. The van der Waals surface area contributed by atoms with Crippen LogP contribution in [-0.2, 0) is 0 Å². The molecule has 3 N–H and O–H groups in total. The summed E-state index contributed by atoms with van der Waals surface area (Å²) in [6.45, 7) is 5.67. The van der Waals surface area contributed by atoms with Gasteiger partial charge in [-0.15, -0.1) is 0 Å². The quantitative estimate of drug-likeness (QED) is 0.765. The summed E-state index contributed by atoms with van der Waals surface area (Å²) in [4.78, 5) is 11.9. The smallest absolute Gasteiger partial charge is 0.319 e. The average molecular weight is 266 g/mol. The number of benzene rings is 1. The second-order valence-corrected chi connectivity index (χ2v) is 5.12. The number of hydrogen-bond donors (Lipinski definition) is 3. The molecule has 19 heavy (non-hydrogen) atoms. The second-order valence-electron chi connectivity index (χ2n) is 5.12. The minimum absolute atomic E-state index is 0.0332. The molecule has 1 aromatic carbocycles. The first-order chi connectivity index (χ1) is 8.88. The Morgan fingerprint density at radius 1 is 1.42 bits per heavy atom. The highest BCUT2D eigenvalue weighted by Gasteiger charge is 2.19. The van der Waals surface area contributed by atoms with E-state index in [2.05, 4.69) is 10.6 Å². The van der Waals surface area contributed by atoms with Gasteiger partial charge in [-0.2, -0.15) is 0 Å². The van der Waals surface area contributed by atoms with Crippen LogP contribution in [0.5, 0.6) is 5.75 Å². The van der Waals surface area contributed by atoms with E-state index in [0.29, 0.717) is 17.9 Å². The molecule has 0 aliphatic heterocycles. The Morgan fingerprint density at radius 3 is 2.68 bits per heavy atom. The summed E-state index contributed by atoms with van der Waals surface area (Å²) in [5.41, 5.74) is 1.21. The van der Waals surface area contributed by atoms with E-state index in [4.69, 9.17) is 9.84 Å². The fourth-order valence-corrected chi connectivity index (χ4v) is 1.67. The fraction of sp³-hybridized carbons (Fsp3) is 0.500. The van der Waals surface area contributed by atoms with Gasteiger partial charge in [-0.1, -0.05) is 6.07 Å². The van der Waals surface area contributed by atoms with Crippen LogP contribution in [-0.4, -0.2) is 30.4 Å². The van der Waals surface area contributed by atoms with Gasteiger partial charge >= 0.3 is 6.03 Å². The van der Waals surface area contributed by atoms with E-state index in [0.717, 1.165) is 5.56 Å². The number of aliphatic hydroxyl groups is 1. The molecule has 0 radical (unpaired) electrons. The van der Waals surface area contributed by atoms with Gasteiger partial charge < -0.3 is 20.5 Å². The van der Waals surface area contributed by atoms with Gasteiger partial charge in [-0.25, -0.2) is 4.79 Å². The van der Waals surface area contributed by atoms with E-state index < -0.39 is 5.54 Å². The van der Waals surface area contributed by atoms with Crippen molar-refractivity contribution in [3.63, 3.8) is 0 Å². The van der Waals surface area contributed by atoms with Gasteiger partial charge in [-0.3, -0.25) is 0 Å². The van der Waals surface area contributed by atoms with Crippen molar-refractivity contribution in [1.29, 1.82) is 0 Å². The first kappa shape index (κ1) is 15.3. The van der Waals surface area contributed by atoms with Crippen molar-refractivity contribution in [3.8, 4) is 5.75 Å². The van der Waals surface area contributed by atoms with E-state index in [1.165, 1.54) is 0 Å². The predicted octanol–water partition coefficient (Wildman–Crippen LogP) is 2.29.